The highest BCUT2D eigenvalue weighted by molar-refractivity contribution is 6.36. The highest BCUT2D eigenvalue weighted by atomic mass is 35.5. The van der Waals surface area contributed by atoms with Crippen molar-refractivity contribution >= 4 is 23.2 Å². The first-order valence-corrected chi connectivity index (χ1v) is 5.97. The molecule has 0 unspecified atom stereocenters. The van der Waals surface area contributed by atoms with Crippen molar-refractivity contribution in [3.63, 3.8) is 0 Å². The van der Waals surface area contributed by atoms with Gasteiger partial charge in [0.25, 0.3) is 0 Å². The van der Waals surface area contributed by atoms with E-state index in [0.717, 1.165) is 13.0 Å². The normalized spacial score (nSPS) is 18.1. The lowest BCUT2D eigenvalue weighted by molar-refractivity contribution is 0.650. The Kier molecular flexibility index (Phi) is 6.33. The third kappa shape index (κ3) is 5.04. The van der Waals surface area contributed by atoms with Crippen LogP contribution in [0, 0.1) is 0 Å². The molecule has 0 bridgehead atoms. The Hall–Kier alpha value is 0.0200. The van der Waals surface area contributed by atoms with Crippen LogP contribution in [0.1, 0.15) is 32.1 Å². The van der Waals surface area contributed by atoms with Gasteiger partial charge in [0.15, 0.2) is 0 Å². The molecule has 1 aliphatic rings. The van der Waals surface area contributed by atoms with Gasteiger partial charge in [-0.25, -0.2) is 0 Å². The van der Waals surface area contributed by atoms with E-state index >= 15 is 0 Å². The molecular weight excluding hydrogens is 217 g/mol. The van der Waals surface area contributed by atoms with Gasteiger partial charge in [-0.05, 0) is 38.6 Å². The number of hydrogen-bond acceptors (Lipinski definition) is 1. The Morgan fingerprint density at radius 2 is 2.36 bits per heavy atom. The topological polar surface area (TPSA) is 12.0 Å². The fourth-order valence-corrected chi connectivity index (χ4v) is 1.80. The summed E-state index contributed by atoms with van der Waals surface area (Å²) in [6.45, 7) is 1.67. The third-order valence-electron chi connectivity index (χ3n) is 2.42. The van der Waals surface area contributed by atoms with E-state index in [9.17, 15) is 0 Å². The van der Waals surface area contributed by atoms with Crippen LogP contribution in [0.4, 0.5) is 0 Å². The van der Waals surface area contributed by atoms with E-state index in [-0.39, 0.29) is 0 Å². The smallest absolute Gasteiger partial charge is 0.0431 e. The Bertz CT molecular complexity index is 221. The van der Waals surface area contributed by atoms with Crippen LogP contribution >= 0.6 is 23.2 Å². The molecule has 0 aromatic heterocycles. The molecule has 0 radical (unpaired) electrons. The number of allylic oxidation sites excluding steroid dienone is 1. The van der Waals surface area contributed by atoms with Crippen LogP contribution in [0.2, 0.25) is 0 Å². The lowest BCUT2D eigenvalue weighted by Gasteiger charge is -2.12. The van der Waals surface area contributed by atoms with E-state index in [4.69, 9.17) is 23.2 Å². The van der Waals surface area contributed by atoms with Crippen molar-refractivity contribution in [3.05, 3.63) is 22.2 Å². The quantitative estimate of drug-likeness (QED) is 0.563. The molecule has 0 saturated heterocycles. The number of nitrogens with one attached hydrogen (secondary N) is 1. The highest BCUT2D eigenvalue weighted by Gasteiger charge is 2.02. The first-order chi connectivity index (χ1) is 6.83. The molecule has 1 N–H and O–H groups in total. The SMILES string of the molecule is ClC=C(Cl)CNCCC1=CCCCC1. The summed E-state index contributed by atoms with van der Waals surface area (Å²) in [6, 6.07) is 0. The minimum Gasteiger partial charge on any atom is -0.311 e. The molecule has 3 heteroatoms. The van der Waals surface area contributed by atoms with Crippen molar-refractivity contribution in [3.8, 4) is 0 Å². The second-order valence-corrected chi connectivity index (χ2v) is 4.29. The number of hydrogen-bond donors (Lipinski definition) is 1. The minimum atomic E-state index is 0.671. The first kappa shape index (κ1) is 12.1. The molecule has 80 valence electrons. The largest absolute Gasteiger partial charge is 0.311 e. The fourth-order valence-electron chi connectivity index (χ4n) is 1.63. The van der Waals surface area contributed by atoms with Gasteiger partial charge in [0.05, 0.1) is 0 Å². The molecular formula is C11H17Cl2N. The lowest BCUT2D eigenvalue weighted by Crippen LogP contribution is -2.17. The maximum absolute atomic E-state index is 5.74. The van der Waals surface area contributed by atoms with E-state index in [2.05, 4.69) is 11.4 Å². The highest BCUT2D eigenvalue weighted by Crippen LogP contribution is 2.19. The molecule has 1 nitrogen and oxygen atoms in total. The molecule has 0 spiro atoms. The fraction of sp³-hybridized carbons (Fsp3) is 0.636. The molecule has 1 rings (SSSR count). The molecule has 0 fully saturated rings. The molecule has 0 heterocycles. The average molecular weight is 234 g/mol. The molecule has 0 aromatic rings. The van der Waals surface area contributed by atoms with Crippen LogP contribution in [-0.4, -0.2) is 13.1 Å². The van der Waals surface area contributed by atoms with E-state index in [1.165, 1.54) is 31.2 Å². The van der Waals surface area contributed by atoms with Gasteiger partial charge in [-0.3, -0.25) is 0 Å². The monoisotopic (exact) mass is 233 g/mol. The Morgan fingerprint density at radius 3 is 3.00 bits per heavy atom. The zero-order valence-electron chi connectivity index (χ0n) is 8.36. The molecule has 1 aliphatic carbocycles. The van der Waals surface area contributed by atoms with Crippen LogP contribution < -0.4 is 5.32 Å². The summed E-state index contributed by atoms with van der Waals surface area (Å²) in [5.74, 6) is 0. The third-order valence-corrected chi connectivity index (χ3v) is 3.04. The van der Waals surface area contributed by atoms with Crippen LogP contribution in [0.25, 0.3) is 0 Å². The molecule has 0 atom stereocenters. The average Bonchev–Trinajstić information content (AvgIpc) is 2.25. The molecule has 0 saturated carbocycles. The summed E-state index contributed by atoms with van der Waals surface area (Å²) < 4.78 is 0. The van der Waals surface area contributed by atoms with Gasteiger partial charge in [0.1, 0.15) is 0 Å². The van der Waals surface area contributed by atoms with Gasteiger partial charge >= 0.3 is 0 Å². The number of halogens is 2. The van der Waals surface area contributed by atoms with Crippen LogP contribution in [-0.2, 0) is 0 Å². The molecule has 14 heavy (non-hydrogen) atoms. The van der Waals surface area contributed by atoms with Crippen molar-refractivity contribution in [1.29, 1.82) is 0 Å². The molecule has 0 aromatic carbocycles. The van der Waals surface area contributed by atoms with E-state index in [0.29, 0.717) is 11.6 Å². The summed E-state index contributed by atoms with van der Waals surface area (Å²) in [7, 11) is 0. The van der Waals surface area contributed by atoms with Crippen molar-refractivity contribution in [2.75, 3.05) is 13.1 Å². The second-order valence-electron chi connectivity index (χ2n) is 3.59. The Labute approximate surface area is 96.2 Å². The van der Waals surface area contributed by atoms with E-state index < -0.39 is 0 Å². The number of rotatable bonds is 5. The van der Waals surface area contributed by atoms with Crippen LogP contribution in [0.15, 0.2) is 22.2 Å². The molecule has 0 amide bonds. The molecule has 0 aliphatic heterocycles. The van der Waals surface area contributed by atoms with Gasteiger partial charge in [-0.2, -0.15) is 0 Å². The van der Waals surface area contributed by atoms with Gasteiger partial charge in [-0.1, -0.05) is 34.9 Å². The van der Waals surface area contributed by atoms with Crippen molar-refractivity contribution in [1.82, 2.24) is 5.32 Å². The summed E-state index contributed by atoms with van der Waals surface area (Å²) in [5.41, 5.74) is 3.00. The van der Waals surface area contributed by atoms with Crippen LogP contribution in [0.3, 0.4) is 0 Å². The summed E-state index contributed by atoms with van der Waals surface area (Å²) in [5, 5.41) is 3.93. The zero-order valence-corrected chi connectivity index (χ0v) is 9.87. The summed E-state index contributed by atoms with van der Waals surface area (Å²) >= 11 is 11.2. The Balaban J connectivity index is 2.06. The summed E-state index contributed by atoms with van der Waals surface area (Å²) in [6.07, 6.45) is 8.78. The summed E-state index contributed by atoms with van der Waals surface area (Å²) in [4.78, 5) is 0. The van der Waals surface area contributed by atoms with Crippen molar-refractivity contribution in [2.24, 2.45) is 0 Å². The maximum atomic E-state index is 5.74. The van der Waals surface area contributed by atoms with E-state index in [1.807, 2.05) is 0 Å². The van der Waals surface area contributed by atoms with Crippen molar-refractivity contribution < 1.29 is 0 Å². The predicted molar refractivity (Wildman–Crippen MR) is 63.8 cm³/mol. The van der Waals surface area contributed by atoms with Gasteiger partial charge in [0.2, 0.25) is 0 Å². The van der Waals surface area contributed by atoms with Gasteiger partial charge < -0.3 is 5.32 Å². The minimum absolute atomic E-state index is 0.671. The second kappa shape index (κ2) is 7.33. The van der Waals surface area contributed by atoms with Crippen molar-refractivity contribution in [2.45, 2.75) is 32.1 Å². The Morgan fingerprint density at radius 1 is 1.50 bits per heavy atom. The zero-order chi connectivity index (χ0) is 10.2. The van der Waals surface area contributed by atoms with E-state index in [1.54, 1.807) is 5.57 Å². The van der Waals surface area contributed by atoms with Crippen LogP contribution in [0.5, 0.6) is 0 Å². The van der Waals surface area contributed by atoms with Gasteiger partial charge in [-0.15, -0.1) is 0 Å². The lowest BCUT2D eigenvalue weighted by atomic mass is 9.97. The first-order valence-electron chi connectivity index (χ1n) is 5.16. The maximum Gasteiger partial charge on any atom is 0.0431 e. The standard InChI is InChI=1S/C11H17Cl2N/c12-8-11(13)9-14-7-6-10-4-2-1-3-5-10/h4,8,14H,1-3,5-7,9H2. The van der Waals surface area contributed by atoms with Gasteiger partial charge in [0, 0.05) is 17.1 Å². The predicted octanol–water partition coefficient (Wildman–Crippen LogP) is 3.79.